The molecule has 0 aliphatic rings. The van der Waals surface area contributed by atoms with Crippen molar-refractivity contribution < 1.29 is 9.18 Å². The Morgan fingerprint density at radius 1 is 1.53 bits per heavy atom. The molecule has 3 N–H and O–H groups in total. The van der Waals surface area contributed by atoms with Gasteiger partial charge >= 0.3 is 0 Å². The summed E-state index contributed by atoms with van der Waals surface area (Å²) in [7, 11) is 0. The van der Waals surface area contributed by atoms with Gasteiger partial charge in [-0.1, -0.05) is 13.0 Å². The van der Waals surface area contributed by atoms with Gasteiger partial charge in [-0.3, -0.25) is 4.79 Å². The fraction of sp³-hybridized carbons (Fsp3) is 0.462. The van der Waals surface area contributed by atoms with Crippen LogP contribution in [0.2, 0.25) is 0 Å². The van der Waals surface area contributed by atoms with Crippen molar-refractivity contribution in [3.8, 4) is 0 Å². The maximum atomic E-state index is 13.5. The lowest BCUT2D eigenvalue weighted by molar-refractivity contribution is -0.119. The quantitative estimate of drug-likeness (QED) is 0.827. The Bertz CT molecular complexity index is 393. The molecule has 0 bridgehead atoms. The molecule has 0 aliphatic heterocycles. The molecule has 4 heteroatoms. The first kappa shape index (κ1) is 13.6. The first-order valence-corrected chi connectivity index (χ1v) is 5.81. The van der Waals surface area contributed by atoms with Gasteiger partial charge in [0.25, 0.3) is 0 Å². The number of hydrogen-bond acceptors (Lipinski definition) is 2. The Hall–Kier alpha value is -1.42. The molecule has 3 nitrogen and oxygen atoms in total. The van der Waals surface area contributed by atoms with E-state index in [9.17, 15) is 9.18 Å². The second-order valence-electron chi connectivity index (χ2n) is 4.30. The third-order valence-corrected chi connectivity index (χ3v) is 2.67. The average Bonchev–Trinajstić information content (AvgIpc) is 2.29. The topological polar surface area (TPSA) is 55.1 Å². The van der Waals surface area contributed by atoms with E-state index >= 15 is 0 Å². The minimum atomic E-state index is -0.399. The summed E-state index contributed by atoms with van der Waals surface area (Å²) >= 11 is 0. The van der Waals surface area contributed by atoms with E-state index in [0.717, 1.165) is 18.4 Å². The minimum absolute atomic E-state index is 0.153. The van der Waals surface area contributed by atoms with Crippen LogP contribution in [0, 0.1) is 18.7 Å². The molecule has 0 aliphatic carbocycles. The van der Waals surface area contributed by atoms with Crippen LogP contribution in [-0.2, 0) is 4.79 Å². The lowest BCUT2D eigenvalue weighted by Crippen LogP contribution is -2.21. The van der Waals surface area contributed by atoms with Crippen LogP contribution in [0.1, 0.15) is 25.3 Å². The SMILES string of the molecule is Cc1ccc(NC(=O)C(C)CCCN)c(F)c1. The second kappa shape index (κ2) is 6.35. The number of benzene rings is 1. The van der Waals surface area contributed by atoms with E-state index < -0.39 is 5.82 Å². The van der Waals surface area contributed by atoms with Crippen LogP contribution >= 0.6 is 0 Å². The van der Waals surface area contributed by atoms with Crippen molar-refractivity contribution in [1.29, 1.82) is 0 Å². The summed E-state index contributed by atoms with van der Waals surface area (Å²) in [5.74, 6) is -0.718. The van der Waals surface area contributed by atoms with Crippen molar-refractivity contribution in [2.75, 3.05) is 11.9 Å². The summed E-state index contributed by atoms with van der Waals surface area (Å²) < 4.78 is 13.5. The van der Waals surface area contributed by atoms with Crippen molar-refractivity contribution in [2.24, 2.45) is 11.7 Å². The van der Waals surface area contributed by atoms with Gasteiger partial charge in [0.2, 0.25) is 5.91 Å². The predicted molar refractivity (Wildman–Crippen MR) is 67.2 cm³/mol. The average molecular weight is 238 g/mol. The van der Waals surface area contributed by atoms with Crippen molar-refractivity contribution >= 4 is 11.6 Å². The number of carbonyl (C=O) groups is 1. The zero-order valence-electron chi connectivity index (χ0n) is 10.3. The number of nitrogens with two attached hydrogens (primary N) is 1. The molecular weight excluding hydrogens is 219 g/mol. The van der Waals surface area contributed by atoms with E-state index in [-0.39, 0.29) is 17.5 Å². The molecular formula is C13H19FN2O. The Balaban J connectivity index is 2.61. The lowest BCUT2D eigenvalue weighted by atomic mass is 10.0. The zero-order valence-corrected chi connectivity index (χ0v) is 10.3. The Morgan fingerprint density at radius 2 is 2.24 bits per heavy atom. The first-order chi connectivity index (χ1) is 8.04. The van der Waals surface area contributed by atoms with Crippen LogP contribution in [-0.4, -0.2) is 12.5 Å². The van der Waals surface area contributed by atoms with Gasteiger partial charge in [-0.25, -0.2) is 4.39 Å². The lowest BCUT2D eigenvalue weighted by Gasteiger charge is -2.12. The fourth-order valence-electron chi connectivity index (χ4n) is 1.53. The predicted octanol–water partition coefficient (Wildman–Crippen LogP) is 2.45. The van der Waals surface area contributed by atoms with Crippen molar-refractivity contribution in [1.82, 2.24) is 0 Å². The van der Waals surface area contributed by atoms with Gasteiger partial charge in [0, 0.05) is 5.92 Å². The summed E-state index contributed by atoms with van der Waals surface area (Å²) in [6.45, 7) is 4.19. The fourth-order valence-corrected chi connectivity index (χ4v) is 1.53. The smallest absolute Gasteiger partial charge is 0.227 e. The number of aryl methyl sites for hydroxylation is 1. The van der Waals surface area contributed by atoms with E-state index in [1.165, 1.54) is 6.07 Å². The number of anilines is 1. The largest absolute Gasteiger partial charge is 0.330 e. The van der Waals surface area contributed by atoms with Crippen molar-refractivity contribution in [3.05, 3.63) is 29.6 Å². The minimum Gasteiger partial charge on any atom is -0.330 e. The molecule has 0 fully saturated rings. The maximum absolute atomic E-state index is 13.5. The maximum Gasteiger partial charge on any atom is 0.227 e. The highest BCUT2D eigenvalue weighted by atomic mass is 19.1. The van der Waals surface area contributed by atoms with Crippen LogP contribution in [0.15, 0.2) is 18.2 Å². The number of hydrogen-bond donors (Lipinski definition) is 2. The second-order valence-corrected chi connectivity index (χ2v) is 4.30. The Morgan fingerprint density at radius 3 is 2.82 bits per heavy atom. The van der Waals surface area contributed by atoms with Crippen molar-refractivity contribution in [2.45, 2.75) is 26.7 Å². The van der Waals surface area contributed by atoms with Gasteiger partial charge in [-0.2, -0.15) is 0 Å². The van der Waals surface area contributed by atoms with Crippen LogP contribution < -0.4 is 11.1 Å². The number of carbonyl (C=O) groups excluding carboxylic acids is 1. The molecule has 1 rings (SSSR count). The van der Waals surface area contributed by atoms with Crippen molar-refractivity contribution in [3.63, 3.8) is 0 Å². The summed E-state index contributed by atoms with van der Waals surface area (Å²) in [5, 5.41) is 2.59. The molecule has 0 aromatic heterocycles. The molecule has 1 unspecified atom stereocenters. The summed E-state index contributed by atoms with van der Waals surface area (Å²) in [6.07, 6.45) is 1.51. The van der Waals surface area contributed by atoms with E-state index in [1.54, 1.807) is 19.1 Å². The molecule has 0 saturated heterocycles. The van der Waals surface area contributed by atoms with E-state index in [2.05, 4.69) is 5.32 Å². The van der Waals surface area contributed by atoms with Gasteiger partial charge in [0.05, 0.1) is 5.69 Å². The number of amides is 1. The molecule has 1 amide bonds. The molecule has 17 heavy (non-hydrogen) atoms. The van der Waals surface area contributed by atoms with Crippen LogP contribution in [0.25, 0.3) is 0 Å². The third-order valence-electron chi connectivity index (χ3n) is 2.67. The monoisotopic (exact) mass is 238 g/mol. The molecule has 1 aromatic carbocycles. The molecule has 0 saturated carbocycles. The molecule has 0 spiro atoms. The number of halogens is 1. The highest BCUT2D eigenvalue weighted by molar-refractivity contribution is 5.92. The molecule has 1 aromatic rings. The molecule has 0 radical (unpaired) electrons. The summed E-state index contributed by atoms with van der Waals surface area (Å²) in [6, 6.07) is 4.75. The van der Waals surface area contributed by atoms with E-state index in [1.807, 2.05) is 6.92 Å². The van der Waals surface area contributed by atoms with Gasteiger partial charge in [-0.05, 0) is 44.0 Å². The molecule has 1 atom stereocenters. The number of nitrogens with one attached hydrogen (secondary N) is 1. The molecule has 0 heterocycles. The normalized spacial score (nSPS) is 12.2. The highest BCUT2D eigenvalue weighted by Crippen LogP contribution is 2.17. The summed E-state index contributed by atoms with van der Waals surface area (Å²) in [4.78, 5) is 11.7. The molecule has 94 valence electrons. The first-order valence-electron chi connectivity index (χ1n) is 5.81. The highest BCUT2D eigenvalue weighted by Gasteiger charge is 2.14. The van der Waals surface area contributed by atoms with E-state index in [0.29, 0.717) is 6.54 Å². The van der Waals surface area contributed by atoms with Gasteiger partial charge in [-0.15, -0.1) is 0 Å². The van der Waals surface area contributed by atoms with Gasteiger partial charge in [0.15, 0.2) is 0 Å². The Kier molecular flexibility index (Phi) is 5.10. The standard InChI is InChI=1S/C13H19FN2O/c1-9-5-6-12(11(14)8-9)16-13(17)10(2)4-3-7-15/h5-6,8,10H,3-4,7,15H2,1-2H3,(H,16,17). The zero-order chi connectivity index (χ0) is 12.8. The van der Waals surface area contributed by atoms with Crippen LogP contribution in [0.5, 0.6) is 0 Å². The van der Waals surface area contributed by atoms with Crippen LogP contribution in [0.3, 0.4) is 0 Å². The van der Waals surface area contributed by atoms with Crippen LogP contribution in [0.4, 0.5) is 10.1 Å². The van der Waals surface area contributed by atoms with Gasteiger partial charge in [0.1, 0.15) is 5.82 Å². The third kappa shape index (κ3) is 4.15. The number of rotatable bonds is 5. The van der Waals surface area contributed by atoms with E-state index in [4.69, 9.17) is 5.73 Å². The van der Waals surface area contributed by atoms with Gasteiger partial charge < -0.3 is 11.1 Å². The Labute approximate surface area is 101 Å². The summed E-state index contributed by atoms with van der Waals surface area (Å²) in [5.41, 5.74) is 6.45.